The highest BCUT2D eigenvalue weighted by molar-refractivity contribution is 8.00. The van der Waals surface area contributed by atoms with Crippen LogP contribution in [-0.4, -0.2) is 40.6 Å². The van der Waals surface area contributed by atoms with Gasteiger partial charge in [-0.15, -0.1) is 22.0 Å². The van der Waals surface area contributed by atoms with E-state index in [4.69, 9.17) is 11.6 Å². The summed E-state index contributed by atoms with van der Waals surface area (Å²) in [5.41, 5.74) is 0.897. The van der Waals surface area contributed by atoms with E-state index in [1.807, 2.05) is 0 Å². The molecule has 152 valence electrons. The highest BCUT2D eigenvalue weighted by Crippen LogP contribution is 2.40. The lowest BCUT2D eigenvalue weighted by Gasteiger charge is -2.07. The van der Waals surface area contributed by atoms with Gasteiger partial charge in [0.2, 0.25) is 0 Å². The number of azo groups is 1. The van der Waals surface area contributed by atoms with E-state index >= 15 is 0 Å². The Balaban J connectivity index is 1.95. The van der Waals surface area contributed by atoms with Gasteiger partial charge in [0.1, 0.15) is 17.5 Å². The molecule has 12 heteroatoms. The quantitative estimate of drug-likeness (QED) is 0.269. The fourth-order valence-corrected chi connectivity index (χ4v) is 4.45. The van der Waals surface area contributed by atoms with Crippen LogP contribution in [0.2, 0.25) is 5.02 Å². The van der Waals surface area contributed by atoms with Crippen LogP contribution in [0.3, 0.4) is 0 Å². The first-order chi connectivity index (χ1) is 13.8. The van der Waals surface area contributed by atoms with Crippen molar-refractivity contribution >= 4 is 73.0 Å². The van der Waals surface area contributed by atoms with Crippen LogP contribution < -0.4 is 0 Å². The third-order valence-electron chi connectivity index (χ3n) is 3.76. The Kier molecular flexibility index (Phi) is 6.85. The minimum Gasteiger partial charge on any atom is -0.506 e. The summed E-state index contributed by atoms with van der Waals surface area (Å²) < 4.78 is 26.7. The van der Waals surface area contributed by atoms with Crippen molar-refractivity contribution in [2.45, 2.75) is 22.8 Å². The number of fused-ring (bicyclic) bond motifs is 1. The lowest BCUT2D eigenvalue weighted by molar-refractivity contribution is -0.123. The van der Waals surface area contributed by atoms with Gasteiger partial charge in [-0.25, -0.2) is 8.42 Å². The number of rotatable bonds is 7. The van der Waals surface area contributed by atoms with Gasteiger partial charge in [0.05, 0.1) is 21.2 Å². The number of aliphatic hydroxyl groups is 1. The molecule has 0 fully saturated rings. The Hall–Kier alpha value is -2.05. The maximum Gasteiger partial charge on any atom is 0.171 e. The molecule has 1 atom stereocenters. The molecule has 8 nitrogen and oxygen atoms in total. The smallest absolute Gasteiger partial charge is 0.171 e. The number of thiol groups is 1. The maximum absolute atomic E-state index is 11.7. The SMILES string of the molecule is CC(O)C(=O)CSc1cc(O)c(Cl)cc1/N=N/c1snc2ccc([SH](=O)=O)cc12. The van der Waals surface area contributed by atoms with Crippen LogP contribution in [-0.2, 0) is 15.5 Å². The fourth-order valence-electron chi connectivity index (χ4n) is 2.20. The molecule has 0 saturated carbocycles. The summed E-state index contributed by atoms with van der Waals surface area (Å²) in [6.07, 6.45) is -1.10. The van der Waals surface area contributed by atoms with Crippen molar-refractivity contribution in [1.29, 1.82) is 0 Å². The summed E-state index contributed by atoms with van der Waals surface area (Å²) in [6.45, 7) is 1.38. The number of aromatic hydroxyl groups is 1. The third-order valence-corrected chi connectivity index (χ3v) is 6.60. The van der Waals surface area contributed by atoms with Crippen molar-refractivity contribution in [3.8, 4) is 5.75 Å². The Morgan fingerprint density at radius 3 is 2.76 bits per heavy atom. The Bertz CT molecular complexity index is 1180. The second kappa shape index (κ2) is 9.18. The summed E-state index contributed by atoms with van der Waals surface area (Å²) in [6, 6.07) is 7.29. The van der Waals surface area contributed by atoms with E-state index in [1.54, 1.807) is 6.07 Å². The lowest BCUT2D eigenvalue weighted by Crippen LogP contribution is -2.17. The molecule has 0 saturated heterocycles. The summed E-state index contributed by atoms with van der Waals surface area (Å²) in [7, 11) is -2.74. The van der Waals surface area contributed by atoms with Gasteiger partial charge >= 0.3 is 0 Å². The molecule has 2 aromatic carbocycles. The molecule has 3 rings (SSSR count). The average molecular weight is 472 g/mol. The first-order valence-electron chi connectivity index (χ1n) is 8.08. The molecule has 1 heterocycles. The molecule has 0 aliphatic carbocycles. The van der Waals surface area contributed by atoms with Crippen LogP contribution in [0.4, 0.5) is 10.7 Å². The van der Waals surface area contributed by atoms with Gasteiger partial charge in [0, 0.05) is 10.3 Å². The van der Waals surface area contributed by atoms with Crippen LogP contribution in [0.15, 0.2) is 50.4 Å². The molecular formula is C17H14ClN3O5S3. The molecule has 2 N–H and O–H groups in total. The number of hydrogen-bond donors (Lipinski definition) is 3. The first-order valence-corrected chi connectivity index (χ1v) is 11.4. The minimum absolute atomic E-state index is 0.0232. The van der Waals surface area contributed by atoms with Gasteiger partial charge in [-0.05, 0) is 48.8 Å². The van der Waals surface area contributed by atoms with Crippen molar-refractivity contribution < 1.29 is 23.4 Å². The van der Waals surface area contributed by atoms with Crippen molar-refractivity contribution in [3.05, 3.63) is 35.4 Å². The normalized spacial score (nSPS) is 12.8. The van der Waals surface area contributed by atoms with Gasteiger partial charge in [0.15, 0.2) is 21.5 Å². The van der Waals surface area contributed by atoms with Crippen LogP contribution in [0.1, 0.15) is 6.92 Å². The second-order valence-electron chi connectivity index (χ2n) is 5.85. The monoisotopic (exact) mass is 471 g/mol. The van der Waals surface area contributed by atoms with Crippen molar-refractivity contribution in [2.24, 2.45) is 10.2 Å². The van der Waals surface area contributed by atoms with E-state index in [2.05, 4.69) is 14.6 Å². The zero-order chi connectivity index (χ0) is 21.1. The molecule has 0 spiro atoms. The summed E-state index contributed by atoms with van der Waals surface area (Å²) >= 11 is 8.10. The number of carbonyl (C=O) groups is 1. The molecule has 0 bridgehead atoms. The predicted molar refractivity (Wildman–Crippen MR) is 113 cm³/mol. The molecule has 0 amide bonds. The number of phenolic OH excluding ortho intramolecular Hbond substituents is 1. The van der Waals surface area contributed by atoms with Crippen LogP contribution in [0, 0.1) is 0 Å². The predicted octanol–water partition coefficient (Wildman–Crippen LogP) is 4.08. The largest absolute Gasteiger partial charge is 0.506 e. The zero-order valence-electron chi connectivity index (χ0n) is 14.8. The number of thioether (sulfide) groups is 1. The van der Waals surface area contributed by atoms with Crippen molar-refractivity contribution in [2.75, 3.05) is 5.75 Å². The van der Waals surface area contributed by atoms with Gasteiger partial charge < -0.3 is 10.2 Å². The molecule has 0 aliphatic heterocycles. The standard InChI is InChI=1S/C17H14ClN3O5S3/c1-8(22)15(24)7-27-16-6-14(23)11(18)5-13(16)19-20-17-10-4-9(29(25)26)2-3-12(10)21-28-17/h2-6,8,22-23,29H,7H2,1H3/b20-19+. The second-order valence-corrected chi connectivity index (χ2v) is 9.06. The number of aromatic nitrogens is 1. The Morgan fingerprint density at radius 2 is 2.07 bits per heavy atom. The van der Waals surface area contributed by atoms with E-state index in [-0.39, 0.29) is 27.2 Å². The van der Waals surface area contributed by atoms with E-state index in [1.165, 1.54) is 31.2 Å². The number of aliphatic hydroxyl groups excluding tert-OH is 1. The van der Waals surface area contributed by atoms with Gasteiger partial charge in [0.25, 0.3) is 0 Å². The van der Waals surface area contributed by atoms with E-state index in [0.717, 1.165) is 23.3 Å². The molecular weight excluding hydrogens is 458 g/mol. The molecule has 1 aromatic heterocycles. The molecule has 3 aromatic rings. The van der Waals surface area contributed by atoms with Crippen LogP contribution in [0.5, 0.6) is 5.75 Å². The highest BCUT2D eigenvalue weighted by Gasteiger charge is 2.14. The Morgan fingerprint density at radius 1 is 1.31 bits per heavy atom. The number of Topliss-reactive ketones (excluding diaryl/α,β-unsaturated/α-hetero) is 1. The highest BCUT2D eigenvalue weighted by atomic mass is 35.5. The lowest BCUT2D eigenvalue weighted by atomic mass is 10.2. The summed E-state index contributed by atoms with van der Waals surface area (Å²) in [4.78, 5) is 12.3. The van der Waals surface area contributed by atoms with Gasteiger partial charge in [-0.1, -0.05) is 11.6 Å². The average Bonchev–Trinajstić information content (AvgIpc) is 3.09. The number of nitrogens with zero attached hydrogens (tertiary/aromatic N) is 3. The number of carbonyl (C=O) groups excluding carboxylic acids is 1. The van der Waals surface area contributed by atoms with E-state index < -0.39 is 16.8 Å². The van der Waals surface area contributed by atoms with Gasteiger partial charge in [-0.2, -0.15) is 4.37 Å². The van der Waals surface area contributed by atoms with Crippen molar-refractivity contribution in [3.63, 3.8) is 0 Å². The summed E-state index contributed by atoms with van der Waals surface area (Å²) in [5, 5.41) is 28.5. The number of benzene rings is 2. The number of phenols is 1. The van der Waals surface area contributed by atoms with Crippen molar-refractivity contribution in [1.82, 2.24) is 4.37 Å². The van der Waals surface area contributed by atoms with Gasteiger partial charge in [-0.3, -0.25) is 4.79 Å². The Labute approximate surface area is 180 Å². The minimum atomic E-state index is -2.74. The molecule has 0 aliphatic rings. The molecule has 0 radical (unpaired) electrons. The number of halogens is 1. The van der Waals surface area contributed by atoms with Crippen LogP contribution >= 0.6 is 34.9 Å². The number of ketones is 1. The third kappa shape index (κ3) is 5.11. The fraction of sp³-hybridized carbons (Fsp3) is 0.176. The molecule has 29 heavy (non-hydrogen) atoms. The topological polar surface area (TPSA) is 129 Å². The van der Waals surface area contributed by atoms with Crippen LogP contribution in [0.25, 0.3) is 10.9 Å². The first kappa shape index (κ1) is 21.7. The maximum atomic E-state index is 11.7. The van der Waals surface area contributed by atoms with E-state index in [9.17, 15) is 23.4 Å². The summed E-state index contributed by atoms with van der Waals surface area (Å²) in [5.74, 6) is -0.574. The van der Waals surface area contributed by atoms with E-state index in [0.29, 0.717) is 26.5 Å². The molecule has 1 unspecified atom stereocenters. The number of hydrogen-bond acceptors (Lipinski definition) is 10. The zero-order valence-corrected chi connectivity index (χ0v) is 18.1.